The number of aliphatic imine (C=N–C) groups is 1. The first-order chi connectivity index (χ1) is 12.7. The van der Waals surface area contributed by atoms with Gasteiger partial charge in [-0.1, -0.05) is 48.5 Å². The van der Waals surface area contributed by atoms with Crippen LogP contribution in [-0.4, -0.2) is 18.4 Å². The zero-order valence-corrected chi connectivity index (χ0v) is 15.9. The maximum absolute atomic E-state index is 6.04. The van der Waals surface area contributed by atoms with E-state index >= 15 is 0 Å². The van der Waals surface area contributed by atoms with Gasteiger partial charge in [0.25, 0.3) is 0 Å². The number of thiophene rings is 1. The lowest BCUT2D eigenvalue weighted by atomic mass is 10.1. The molecule has 0 saturated carbocycles. The number of nitrogens with zero attached hydrogens (tertiary/aromatic N) is 1. The summed E-state index contributed by atoms with van der Waals surface area (Å²) in [5.74, 6) is 0.573. The van der Waals surface area contributed by atoms with Crippen LogP contribution in [0.15, 0.2) is 77.1 Å². The Morgan fingerprint density at radius 2 is 1.77 bits per heavy atom. The number of nitrogens with two attached hydrogens (primary N) is 1. The molecule has 0 fully saturated rings. The SMILES string of the molecule is CC(Cc1ccccc1)NCCc1ccc(N=C(N)c2cccs2)cc1. The molecule has 0 saturated heterocycles. The second-order valence-corrected chi connectivity index (χ2v) is 7.38. The molecule has 26 heavy (non-hydrogen) atoms. The van der Waals surface area contributed by atoms with Crippen LogP contribution in [0.3, 0.4) is 0 Å². The molecule has 1 aromatic heterocycles. The summed E-state index contributed by atoms with van der Waals surface area (Å²) in [6.07, 6.45) is 2.06. The summed E-state index contributed by atoms with van der Waals surface area (Å²) in [5.41, 5.74) is 9.61. The van der Waals surface area contributed by atoms with E-state index in [4.69, 9.17) is 5.73 Å². The predicted molar refractivity (Wildman–Crippen MR) is 112 cm³/mol. The number of nitrogens with one attached hydrogen (secondary N) is 1. The van der Waals surface area contributed by atoms with Crippen LogP contribution in [0.2, 0.25) is 0 Å². The molecule has 1 unspecified atom stereocenters. The fourth-order valence-electron chi connectivity index (χ4n) is 2.86. The molecule has 0 aliphatic heterocycles. The van der Waals surface area contributed by atoms with Gasteiger partial charge in [0, 0.05) is 6.04 Å². The summed E-state index contributed by atoms with van der Waals surface area (Å²) in [6.45, 7) is 3.20. The smallest absolute Gasteiger partial charge is 0.141 e. The number of benzene rings is 2. The third kappa shape index (κ3) is 5.55. The highest BCUT2D eigenvalue weighted by atomic mass is 32.1. The topological polar surface area (TPSA) is 50.4 Å². The highest BCUT2D eigenvalue weighted by Crippen LogP contribution is 2.16. The molecule has 2 aromatic carbocycles. The van der Waals surface area contributed by atoms with Gasteiger partial charge in [-0.05, 0) is 61.0 Å². The van der Waals surface area contributed by atoms with E-state index in [2.05, 4.69) is 59.7 Å². The quantitative estimate of drug-likeness (QED) is 0.456. The van der Waals surface area contributed by atoms with Crippen molar-refractivity contribution in [3.05, 3.63) is 88.1 Å². The van der Waals surface area contributed by atoms with Crippen molar-refractivity contribution in [2.45, 2.75) is 25.8 Å². The van der Waals surface area contributed by atoms with Gasteiger partial charge in [-0.3, -0.25) is 0 Å². The van der Waals surface area contributed by atoms with Crippen molar-refractivity contribution < 1.29 is 0 Å². The fraction of sp³-hybridized carbons (Fsp3) is 0.227. The van der Waals surface area contributed by atoms with E-state index < -0.39 is 0 Å². The van der Waals surface area contributed by atoms with Crippen LogP contribution in [0.1, 0.15) is 22.9 Å². The molecule has 0 bridgehead atoms. The molecule has 0 amide bonds. The van der Waals surface area contributed by atoms with E-state index in [0.29, 0.717) is 11.9 Å². The van der Waals surface area contributed by atoms with Crippen LogP contribution in [0.4, 0.5) is 5.69 Å². The highest BCUT2D eigenvalue weighted by Gasteiger charge is 2.03. The van der Waals surface area contributed by atoms with E-state index in [0.717, 1.165) is 30.0 Å². The summed E-state index contributed by atoms with van der Waals surface area (Å²) in [6, 6.07) is 23.4. The summed E-state index contributed by atoms with van der Waals surface area (Å²) < 4.78 is 0. The van der Waals surface area contributed by atoms with Gasteiger partial charge in [0.05, 0.1) is 10.6 Å². The Balaban J connectivity index is 1.46. The average molecular weight is 364 g/mol. The van der Waals surface area contributed by atoms with Gasteiger partial charge in [0.15, 0.2) is 0 Å². The standard InChI is InChI=1S/C22H25N3S/c1-17(16-19-6-3-2-4-7-19)24-14-13-18-9-11-20(12-10-18)25-22(23)21-8-5-15-26-21/h2-12,15,17,24H,13-14,16H2,1H3,(H2,23,25). The lowest BCUT2D eigenvalue weighted by Gasteiger charge is -2.14. The molecule has 1 heterocycles. The van der Waals surface area contributed by atoms with Crippen LogP contribution < -0.4 is 11.1 Å². The minimum Gasteiger partial charge on any atom is -0.383 e. The van der Waals surface area contributed by atoms with Gasteiger partial charge in [-0.25, -0.2) is 4.99 Å². The highest BCUT2D eigenvalue weighted by molar-refractivity contribution is 7.12. The van der Waals surface area contributed by atoms with Crippen LogP contribution in [-0.2, 0) is 12.8 Å². The van der Waals surface area contributed by atoms with Crippen LogP contribution in [0.25, 0.3) is 0 Å². The van der Waals surface area contributed by atoms with Crippen molar-refractivity contribution in [1.29, 1.82) is 0 Å². The second kappa shape index (κ2) is 9.32. The van der Waals surface area contributed by atoms with Gasteiger partial charge in [-0.2, -0.15) is 0 Å². The lowest BCUT2D eigenvalue weighted by Crippen LogP contribution is -2.29. The Morgan fingerprint density at radius 3 is 2.46 bits per heavy atom. The lowest BCUT2D eigenvalue weighted by molar-refractivity contribution is 0.548. The summed E-state index contributed by atoms with van der Waals surface area (Å²) in [4.78, 5) is 5.49. The maximum atomic E-state index is 6.04. The maximum Gasteiger partial charge on any atom is 0.141 e. The van der Waals surface area contributed by atoms with Crippen molar-refractivity contribution in [1.82, 2.24) is 5.32 Å². The second-order valence-electron chi connectivity index (χ2n) is 6.44. The predicted octanol–water partition coefficient (Wildman–Crippen LogP) is 4.55. The van der Waals surface area contributed by atoms with Gasteiger partial charge < -0.3 is 11.1 Å². The fourth-order valence-corrected chi connectivity index (χ4v) is 3.49. The van der Waals surface area contributed by atoms with Gasteiger partial charge >= 0.3 is 0 Å². The third-order valence-corrected chi connectivity index (χ3v) is 5.14. The molecule has 0 radical (unpaired) electrons. The number of hydrogen-bond donors (Lipinski definition) is 2. The van der Waals surface area contributed by atoms with Crippen molar-refractivity contribution in [3.63, 3.8) is 0 Å². The largest absolute Gasteiger partial charge is 0.383 e. The first kappa shape index (κ1) is 18.4. The molecule has 3 aromatic rings. The zero-order chi connectivity index (χ0) is 18.2. The Hall–Kier alpha value is -2.43. The minimum absolute atomic E-state index is 0.465. The Kier molecular flexibility index (Phi) is 6.58. The molecule has 4 heteroatoms. The Bertz CT molecular complexity index is 808. The number of hydrogen-bond acceptors (Lipinski definition) is 3. The van der Waals surface area contributed by atoms with Gasteiger partial charge in [0.1, 0.15) is 5.84 Å². The zero-order valence-electron chi connectivity index (χ0n) is 15.1. The third-order valence-electron chi connectivity index (χ3n) is 4.25. The van der Waals surface area contributed by atoms with Crippen molar-refractivity contribution in [3.8, 4) is 0 Å². The van der Waals surface area contributed by atoms with E-state index in [-0.39, 0.29) is 0 Å². The first-order valence-electron chi connectivity index (χ1n) is 8.95. The minimum atomic E-state index is 0.465. The summed E-state index contributed by atoms with van der Waals surface area (Å²) in [7, 11) is 0. The molecule has 3 N–H and O–H groups in total. The van der Waals surface area contributed by atoms with Crippen LogP contribution in [0, 0.1) is 0 Å². The molecule has 3 rings (SSSR count). The van der Waals surface area contributed by atoms with Crippen LogP contribution in [0.5, 0.6) is 0 Å². The molecule has 0 aliphatic carbocycles. The molecule has 134 valence electrons. The monoisotopic (exact) mass is 363 g/mol. The van der Waals surface area contributed by atoms with E-state index in [9.17, 15) is 0 Å². The molecule has 0 aliphatic rings. The van der Waals surface area contributed by atoms with Gasteiger partial charge in [0.2, 0.25) is 0 Å². The average Bonchev–Trinajstić information content (AvgIpc) is 3.19. The number of rotatable bonds is 8. The number of amidine groups is 1. The summed E-state index contributed by atoms with van der Waals surface area (Å²) in [5, 5.41) is 5.61. The Morgan fingerprint density at radius 1 is 1.00 bits per heavy atom. The van der Waals surface area contributed by atoms with Crippen molar-refractivity contribution >= 4 is 22.9 Å². The van der Waals surface area contributed by atoms with E-state index in [1.807, 2.05) is 29.6 Å². The normalized spacial score (nSPS) is 12.9. The molecule has 3 nitrogen and oxygen atoms in total. The van der Waals surface area contributed by atoms with Crippen LogP contribution >= 0.6 is 11.3 Å². The van der Waals surface area contributed by atoms with E-state index in [1.54, 1.807) is 11.3 Å². The molecular formula is C22H25N3S. The molecule has 1 atom stereocenters. The molecule has 0 spiro atoms. The van der Waals surface area contributed by atoms with E-state index in [1.165, 1.54) is 11.1 Å². The summed E-state index contributed by atoms with van der Waals surface area (Å²) >= 11 is 1.60. The molecular weight excluding hydrogens is 338 g/mol. The first-order valence-corrected chi connectivity index (χ1v) is 9.83. The Labute approximate surface area is 159 Å². The van der Waals surface area contributed by atoms with Crippen molar-refractivity contribution in [2.24, 2.45) is 10.7 Å². The van der Waals surface area contributed by atoms with Gasteiger partial charge in [-0.15, -0.1) is 11.3 Å². The van der Waals surface area contributed by atoms with Crippen molar-refractivity contribution in [2.75, 3.05) is 6.54 Å².